The van der Waals surface area contributed by atoms with Gasteiger partial charge >= 0.3 is 0 Å². The van der Waals surface area contributed by atoms with E-state index in [4.69, 9.17) is 5.73 Å². The topological polar surface area (TPSA) is 72.2 Å². The van der Waals surface area contributed by atoms with E-state index in [1.165, 1.54) is 17.7 Å². The first-order valence-electron chi connectivity index (χ1n) is 6.04. The molecule has 4 nitrogen and oxygen atoms in total. The number of hydrogen-bond acceptors (Lipinski definition) is 4. The lowest BCUT2D eigenvalue weighted by Gasteiger charge is -2.08. The van der Waals surface area contributed by atoms with Crippen LogP contribution in [0.25, 0.3) is 0 Å². The molecule has 0 radical (unpaired) electrons. The molecular weight excluding hydrogens is 360 g/mol. The van der Waals surface area contributed by atoms with E-state index >= 15 is 0 Å². The zero-order valence-corrected chi connectivity index (χ0v) is 14.1. The summed E-state index contributed by atoms with van der Waals surface area (Å²) in [5.41, 5.74) is 7.35. The lowest BCUT2D eigenvalue weighted by molar-refractivity contribution is 0.581. The quantitative estimate of drug-likeness (QED) is 0.789. The second kappa shape index (κ2) is 6.26. The smallest absolute Gasteiger partial charge is 0.240 e. The zero-order valence-electron chi connectivity index (χ0n) is 10.9. The van der Waals surface area contributed by atoms with Crippen LogP contribution in [0.4, 0.5) is 5.69 Å². The minimum atomic E-state index is -3.53. The predicted molar refractivity (Wildman–Crippen MR) is 86.3 cm³/mol. The van der Waals surface area contributed by atoms with E-state index in [1.807, 2.05) is 11.4 Å². The van der Waals surface area contributed by atoms with Gasteiger partial charge in [-0.2, -0.15) is 0 Å². The molecule has 1 aromatic heterocycles. The molecule has 0 atom stereocenters. The van der Waals surface area contributed by atoms with Crippen LogP contribution in [0, 0.1) is 0 Å². The van der Waals surface area contributed by atoms with E-state index in [1.54, 1.807) is 17.4 Å². The average Bonchev–Trinajstić information content (AvgIpc) is 2.87. The molecule has 0 aliphatic heterocycles. The van der Waals surface area contributed by atoms with Crippen LogP contribution >= 0.6 is 27.3 Å². The number of rotatable bonds is 5. The monoisotopic (exact) mass is 374 g/mol. The molecule has 0 saturated heterocycles. The minimum absolute atomic E-state index is 0.202. The Kier molecular flexibility index (Phi) is 4.85. The van der Waals surface area contributed by atoms with Gasteiger partial charge in [-0.25, -0.2) is 13.1 Å². The number of nitrogens with two attached hydrogens (primary N) is 1. The molecule has 0 amide bonds. The van der Waals surface area contributed by atoms with Crippen molar-refractivity contribution in [1.29, 1.82) is 0 Å². The summed E-state index contributed by atoms with van der Waals surface area (Å²) in [4.78, 5) is 1.25. The summed E-state index contributed by atoms with van der Waals surface area (Å²) in [5, 5.41) is 1.97. The SMILES string of the molecule is CCc1ccsc1CNS(=O)(=O)c1ccc(N)c(Br)c1. The van der Waals surface area contributed by atoms with Gasteiger partial charge < -0.3 is 5.73 Å². The number of benzene rings is 1. The van der Waals surface area contributed by atoms with Gasteiger partial charge in [-0.3, -0.25) is 0 Å². The zero-order chi connectivity index (χ0) is 14.8. The van der Waals surface area contributed by atoms with Crippen molar-refractivity contribution < 1.29 is 8.42 Å². The summed E-state index contributed by atoms with van der Waals surface area (Å²) in [6, 6.07) is 6.60. The van der Waals surface area contributed by atoms with Gasteiger partial charge in [-0.05, 0) is 57.6 Å². The second-order valence-corrected chi connectivity index (χ2v) is 7.85. The van der Waals surface area contributed by atoms with Crippen molar-refractivity contribution in [3.8, 4) is 0 Å². The third-order valence-corrected chi connectivity index (χ3v) is 5.97. The van der Waals surface area contributed by atoms with Crippen LogP contribution in [0.1, 0.15) is 17.4 Å². The minimum Gasteiger partial charge on any atom is -0.398 e. The van der Waals surface area contributed by atoms with Crippen molar-refractivity contribution >= 4 is 43.0 Å². The highest BCUT2D eigenvalue weighted by Gasteiger charge is 2.15. The van der Waals surface area contributed by atoms with E-state index in [0.717, 1.165) is 11.3 Å². The molecule has 2 rings (SSSR count). The van der Waals surface area contributed by atoms with E-state index in [0.29, 0.717) is 16.7 Å². The van der Waals surface area contributed by atoms with Crippen LogP contribution in [-0.4, -0.2) is 8.42 Å². The summed E-state index contributed by atoms with van der Waals surface area (Å²) in [7, 11) is -3.53. The fourth-order valence-electron chi connectivity index (χ4n) is 1.76. The van der Waals surface area contributed by atoms with Crippen molar-refractivity contribution in [2.75, 3.05) is 5.73 Å². The highest BCUT2D eigenvalue weighted by molar-refractivity contribution is 9.10. The standard InChI is InChI=1S/C13H15BrN2O2S2/c1-2-9-5-6-19-13(9)8-16-20(17,18)10-3-4-12(15)11(14)7-10/h3-7,16H,2,8,15H2,1H3. The Morgan fingerprint density at radius 1 is 1.35 bits per heavy atom. The van der Waals surface area contributed by atoms with Crippen LogP contribution in [0.2, 0.25) is 0 Å². The lowest BCUT2D eigenvalue weighted by atomic mass is 10.2. The van der Waals surface area contributed by atoms with Gasteiger partial charge in [0.15, 0.2) is 0 Å². The highest BCUT2D eigenvalue weighted by Crippen LogP contribution is 2.23. The number of sulfonamides is 1. The molecule has 0 fully saturated rings. The Morgan fingerprint density at radius 3 is 2.75 bits per heavy atom. The van der Waals surface area contributed by atoms with Crippen molar-refractivity contribution in [2.24, 2.45) is 0 Å². The predicted octanol–water partition coefficient (Wildman–Crippen LogP) is 3.13. The van der Waals surface area contributed by atoms with Crippen LogP contribution in [-0.2, 0) is 23.0 Å². The maximum Gasteiger partial charge on any atom is 0.240 e. The Morgan fingerprint density at radius 2 is 2.10 bits per heavy atom. The van der Waals surface area contributed by atoms with Gasteiger partial charge in [-0.15, -0.1) is 11.3 Å². The summed E-state index contributed by atoms with van der Waals surface area (Å²) in [5.74, 6) is 0. The van der Waals surface area contributed by atoms with Crippen molar-refractivity contribution in [1.82, 2.24) is 4.72 Å². The molecule has 20 heavy (non-hydrogen) atoms. The van der Waals surface area contributed by atoms with Gasteiger partial charge in [0.25, 0.3) is 0 Å². The van der Waals surface area contributed by atoms with E-state index in [-0.39, 0.29) is 4.90 Å². The summed E-state index contributed by atoms with van der Waals surface area (Å²) >= 11 is 4.80. The molecule has 0 saturated carbocycles. The normalized spacial score (nSPS) is 11.7. The van der Waals surface area contributed by atoms with Gasteiger partial charge in [0.05, 0.1) is 4.90 Å². The van der Waals surface area contributed by atoms with Gasteiger partial charge in [0, 0.05) is 21.6 Å². The number of anilines is 1. The maximum atomic E-state index is 12.2. The molecule has 0 aliphatic rings. The lowest BCUT2D eigenvalue weighted by Crippen LogP contribution is -2.23. The third kappa shape index (κ3) is 3.41. The number of halogens is 1. The molecule has 0 aliphatic carbocycles. The van der Waals surface area contributed by atoms with Gasteiger partial charge in [0.2, 0.25) is 10.0 Å². The Balaban J connectivity index is 2.17. The molecule has 7 heteroatoms. The molecule has 1 aromatic carbocycles. The Bertz CT molecular complexity index is 711. The molecule has 0 bridgehead atoms. The van der Waals surface area contributed by atoms with E-state index < -0.39 is 10.0 Å². The molecule has 108 valence electrons. The highest BCUT2D eigenvalue weighted by atomic mass is 79.9. The average molecular weight is 375 g/mol. The molecule has 1 heterocycles. The van der Waals surface area contributed by atoms with Crippen molar-refractivity contribution in [3.63, 3.8) is 0 Å². The van der Waals surface area contributed by atoms with Crippen LogP contribution in [0.15, 0.2) is 39.0 Å². The number of nitrogen functional groups attached to an aromatic ring is 1. The van der Waals surface area contributed by atoms with Crippen LogP contribution in [0.5, 0.6) is 0 Å². The first-order valence-corrected chi connectivity index (χ1v) is 9.19. The molecule has 0 unspecified atom stereocenters. The molecule has 0 spiro atoms. The fraction of sp³-hybridized carbons (Fsp3) is 0.231. The first kappa shape index (κ1) is 15.5. The fourth-order valence-corrected chi connectivity index (χ4v) is 4.31. The Hall–Kier alpha value is -0.890. The van der Waals surface area contributed by atoms with E-state index in [2.05, 4.69) is 27.6 Å². The van der Waals surface area contributed by atoms with Gasteiger partial charge in [-0.1, -0.05) is 6.92 Å². The van der Waals surface area contributed by atoms with Crippen molar-refractivity contribution in [3.05, 3.63) is 44.6 Å². The van der Waals surface area contributed by atoms with E-state index in [9.17, 15) is 8.42 Å². The van der Waals surface area contributed by atoms with Crippen LogP contribution < -0.4 is 10.5 Å². The van der Waals surface area contributed by atoms with Crippen molar-refractivity contribution in [2.45, 2.75) is 24.8 Å². The number of aryl methyl sites for hydroxylation is 1. The summed E-state index contributed by atoms with van der Waals surface area (Å²) in [6.07, 6.45) is 0.897. The number of hydrogen-bond donors (Lipinski definition) is 2. The number of thiophene rings is 1. The Labute approximate surface area is 131 Å². The number of nitrogens with one attached hydrogen (secondary N) is 1. The summed E-state index contributed by atoms with van der Waals surface area (Å²) in [6.45, 7) is 2.36. The largest absolute Gasteiger partial charge is 0.398 e. The third-order valence-electron chi connectivity index (χ3n) is 2.92. The molecule has 2 aromatic rings. The van der Waals surface area contributed by atoms with Crippen LogP contribution in [0.3, 0.4) is 0 Å². The maximum absolute atomic E-state index is 12.2. The summed E-state index contributed by atoms with van der Waals surface area (Å²) < 4.78 is 27.6. The first-order chi connectivity index (χ1) is 9.44. The second-order valence-electron chi connectivity index (χ2n) is 4.23. The van der Waals surface area contributed by atoms with Gasteiger partial charge in [0.1, 0.15) is 0 Å². The molecule has 3 N–H and O–H groups in total. The molecular formula is C13H15BrN2O2S2.